The number of nitrogens with zero attached hydrogens (tertiary/aromatic N) is 1. The zero-order valence-corrected chi connectivity index (χ0v) is 8.78. The van der Waals surface area contributed by atoms with E-state index in [1.807, 2.05) is 18.2 Å². The Morgan fingerprint density at radius 2 is 2.47 bits per heavy atom. The van der Waals surface area contributed by atoms with Crippen LogP contribution >= 0.6 is 0 Å². The van der Waals surface area contributed by atoms with Gasteiger partial charge in [0.05, 0.1) is 0 Å². The largest absolute Gasteiger partial charge is 0.316 e. The van der Waals surface area contributed by atoms with Gasteiger partial charge in [-0.25, -0.2) is 0 Å². The van der Waals surface area contributed by atoms with Crippen LogP contribution in [0.1, 0.15) is 18.5 Å². The molecule has 0 aliphatic carbocycles. The summed E-state index contributed by atoms with van der Waals surface area (Å²) in [7, 11) is 0. The number of Topliss-reactive ketones (excluding diaryl/α,β-unsaturated/α-hetero) is 1. The van der Waals surface area contributed by atoms with Crippen LogP contribution in [0.5, 0.6) is 0 Å². The summed E-state index contributed by atoms with van der Waals surface area (Å²) in [6.45, 7) is 1.85. The summed E-state index contributed by atoms with van der Waals surface area (Å²) in [6.07, 6.45) is 4.18. The van der Waals surface area contributed by atoms with Gasteiger partial charge in [-0.3, -0.25) is 9.78 Å². The number of pyridine rings is 1. The Bertz CT molecular complexity index is 318. The van der Waals surface area contributed by atoms with Gasteiger partial charge in [0.15, 0.2) is 0 Å². The van der Waals surface area contributed by atoms with Crippen molar-refractivity contribution in [3.05, 3.63) is 30.1 Å². The third kappa shape index (κ3) is 2.86. The highest BCUT2D eigenvalue weighted by atomic mass is 16.1. The lowest BCUT2D eigenvalue weighted by atomic mass is 9.99. The first-order chi connectivity index (χ1) is 7.36. The fourth-order valence-corrected chi connectivity index (χ4v) is 1.93. The first kappa shape index (κ1) is 10.3. The summed E-state index contributed by atoms with van der Waals surface area (Å²) in [5.74, 6) is 0.624. The summed E-state index contributed by atoms with van der Waals surface area (Å²) < 4.78 is 0. The maximum Gasteiger partial charge on any atom is 0.137 e. The number of ketones is 1. The smallest absolute Gasteiger partial charge is 0.137 e. The first-order valence-electron chi connectivity index (χ1n) is 5.49. The molecule has 1 atom stereocenters. The van der Waals surface area contributed by atoms with Gasteiger partial charge in [0.2, 0.25) is 0 Å². The van der Waals surface area contributed by atoms with Crippen LogP contribution in [-0.2, 0) is 11.2 Å². The number of rotatable bonds is 4. The highest BCUT2D eigenvalue weighted by Gasteiger charge is 2.21. The van der Waals surface area contributed by atoms with Gasteiger partial charge in [0, 0.05) is 30.8 Å². The van der Waals surface area contributed by atoms with Crippen molar-refractivity contribution < 1.29 is 4.79 Å². The van der Waals surface area contributed by atoms with Crippen molar-refractivity contribution in [3.63, 3.8) is 0 Å². The fourth-order valence-electron chi connectivity index (χ4n) is 1.93. The Morgan fingerprint density at radius 3 is 3.13 bits per heavy atom. The van der Waals surface area contributed by atoms with Gasteiger partial charge < -0.3 is 5.32 Å². The lowest BCUT2D eigenvalue weighted by Crippen LogP contribution is -2.18. The number of hydrogen-bond donors (Lipinski definition) is 1. The third-order valence-electron chi connectivity index (χ3n) is 2.87. The summed E-state index contributed by atoms with van der Waals surface area (Å²) in [6, 6.07) is 5.83. The van der Waals surface area contributed by atoms with Gasteiger partial charge in [-0.1, -0.05) is 6.07 Å². The van der Waals surface area contributed by atoms with Crippen LogP contribution in [0.2, 0.25) is 0 Å². The minimum absolute atomic E-state index is 0.244. The standard InChI is InChI=1S/C12H16N2O/c15-12(10-6-8-13-9-10)5-4-11-3-1-2-7-14-11/h1-3,7,10,13H,4-6,8-9H2/t10-/m1/s1. The molecular formula is C12H16N2O. The molecule has 1 aliphatic heterocycles. The second kappa shape index (κ2) is 5.03. The van der Waals surface area contributed by atoms with E-state index in [9.17, 15) is 4.79 Å². The van der Waals surface area contributed by atoms with Crippen molar-refractivity contribution in [2.24, 2.45) is 5.92 Å². The molecule has 3 heteroatoms. The van der Waals surface area contributed by atoms with Crippen LogP contribution in [0.3, 0.4) is 0 Å². The van der Waals surface area contributed by atoms with E-state index in [1.165, 1.54) is 0 Å². The molecule has 0 spiro atoms. The maximum atomic E-state index is 11.8. The predicted molar refractivity (Wildman–Crippen MR) is 58.5 cm³/mol. The van der Waals surface area contributed by atoms with Gasteiger partial charge in [-0.15, -0.1) is 0 Å². The quantitative estimate of drug-likeness (QED) is 0.801. The zero-order chi connectivity index (χ0) is 10.5. The molecule has 1 saturated heterocycles. The van der Waals surface area contributed by atoms with Crippen molar-refractivity contribution in [1.82, 2.24) is 10.3 Å². The monoisotopic (exact) mass is 204 g/mol. The fraction of sp³-hybridized carbons (Fsp3) is 0.500. The average Bonchev–Trinajstić information content (AvgIpc) is 2.81. The minimum atomic E-state index is 0.244. The molecule has 0 amide bonds. The van der Waals surface area contributed by atoms with Crippen molar-refractivity contribution in [2.75, 3.05) is 13.1 Å². The highest BCUT2D eigenvalue weighted by Crippen LogP contribution is 2.12. The van der Waals surface area contributed by atoms with E-state index in [2.05, 4.69) is 10.3 Å². The first-order valence-corrected chi connectivity index (χ1v) is 5.49. The van der Waals surface area contributed by atoms with E-state index < -0.39 is 0 Å². The second-order valence-electron chi connectivity index (χ2n) is 3.98. The minimum Gasteiger partial charge on any atom is -0.316 e. The molecular weight excluding hydrogens is 188 g/mol. The maximum absolute atomic E-state index is 11.8. The normalized spacial score (nSPS) is 20.4. The number of carbonyl (C=O) groups excluding carboxylic acids is 1. The van der Waals surface area contributed by atoms with Crippen molar-refractivity contribution in [2.45, 2.75) is 19.3 Å². The van der Waals surface area contributed by atoms with Crippen LogP contribution in [0.25, 0.3) is 0 Å². The summed E-state index contributed by atoms with van der Waals surface area (Å²) in [4.78, 5) is 16.0. The van der Waals surface area contributed by atoms with E-state index in [4.69, 9.17) is 0 Å². The molecule has 1 fully saturated rings. The summed E-state index contributed by atoms with van der Waals surface area (Å²) in [5, 5.41) is 3.21. The number of aromatic nitrogens is 1. The molecule has 3 nitrogen and oxygen atoms in total. The van der Waals surface area contributed by atoms with E-state index >= 15 is 0 Å². The van der Waals surface area contributed by atoms with Crippen LogP contribution in [0.15, 0.2) is 24.4 Å². The predicted octanol–water partition coefficient (Wildman–Crippen LogP) is 1.19. The van der Waals surface area contributed by atoms with E-state index in [0.717, 1.165) is 31.6 Å². The molecule has 0 radical (unpaired) electrons. The Labute approximate surface area is 89.9 Å². The van der Waals surface area contributed by atoms with E-state index in [0.29, 0.717) is 12.2 Å². The average molecular weight is 204 g/mol. The van der Waals surface area contributed by atoms with Gasteiger partial charge in [-0.05, 0) is 31.5 Å². The van der Waals surface area contributed by atoms with Crippen LogP contribution in [0, 0.1) is 5.92 Å². The molecule has 0 saturated carbocycles. The second-order valence-corrected chi connectivity index (χ2v) is 3.98. The van der Waals surface area contributed by atoms with Crippen LogP contribution in [-0.4, -0.2) is 23.9 Å². The molecule has 15 heavy (non-hydrogen) atoms. The molecule has 1 aromatic heterocycles. The van der Waals surface area contributed by atoms with Gasteiger partial charge in [0.25, 0.3) is 0 Å². The lowest BCUT2D eigenvalue weighted by Gasteiger charge is -2.06. The van der Waals surface area contributed by atoms with Crippen molar-refractivity contribution >= 4 is 5.78 Å². The molecule has 1 N–H and O–H groups in total. The number of aryl methyl sites for hydroxylation is 1. The molecule has 0 aromatic carbocycles. The Kier molecular flexibility index (Phi) is 3.45. The Balaban J connectivity index is 1.80. The molecule has 80 valence electrons. The van der Waals surface area contributed by atoms with Crippen LogP contribution < -0.4 is 5.32 Å². The summed E-state index contributed by atoms with van der Waals surface area (Å²) in [5.41, 5.74) is 1.01. The van der Waals surface area contributed by atoms with Gasteiger partial charge in [-0.2, -0.15) is 0 Å². The van der Waals surface area contributed by atoms with Gasteiger partial charge in [0.1, 0.15) is 5.78 Å². The molecule has 1 aliphatic rings. The topological polar surface area (TPSA) is 42.0 Å². The summed E-state index contributed by atoms with van der Waals surface area (Å²) >= 11 is 0. The van der Waals surface area contributed by atoms with E-state index in [-0.39, 0.29) is 5.92 Å². The highest BCUT2D eigenvalue weighted by molar-refractivity contribution is 5.81. The van der Waals surface area contributed by atoms with Crippen molar-refractivity contribution in [3.8, 4) is 0 Å². The SMILES string of the molecule is O=C(CCc1ccccn1)[C@@H]1CCNC1. The van der Waals surface area contributed by atoms with Gasteiger partial charge >= 0.3 is 0 Å². The van der Waals surface area contributed by atoms with Crippen molar-refractivity contribution in [1.29, 1.82) is 0 Å². The zero-order valence-electron chi connectivity index (χ0n) is 8.78. The molecule has 2 rings (SSSR count). The molecule has 0 unspecified atom stereocenters. The number of nitrogens with one attached hydrogen (secondary N) is 1. The molecule has 1 aromatic rings. The molecule has 2 heterocycles. The van der Waals surface area contributed by atoms with Crippen LogP contribution in [0.4, 0.5) is 0 Å². The Hall–Kier alpha value is -1.22. The number of carbonyl (C=O) groups is 1. The molecule has 0 bridgehead atoms. The van der Waals surface area contributed by atoms with E-state index in [1.54, 1.807) is 6.20 Å². The Morgan fingerprint density at radius 1 is 1.53 bits per heavy atom. The number of hydrogen-bond acceptors (Lipinski definition) is 3. The third-order valence-corrected chi connectivity index (χ3v) is 2.87. The lowest BCUT2D eigenvalue weighted by molar-refractivity contribution is -0.122.